The maximum atomic E-state index is 9.10. The molecule has 66 valence electrons. The van der Waals surface area contributed by atoms with Crippen molar-refractivity contribution in [3.63, 3.8) is 0 Å². The summed E-state index contributed by atoms with van der Waals surface area (Å²) in [5, 5.41) is 22.8. The van der Waals surface area contributed by atoms with Crippen LogP contribution in [0.1, 0.15) is 19.8 Å². The summed E-state index contributed by atoms with van der Waals surface area (Å²) in [7, 11) is 0. The maximum Gasteiger partial charge on any atom is 0.414 e. The number of aliphatic carboxylic acids is 2. The van der Waals surface area contributed by atoms with Gasteiger partial charge in [-0.05, 0) is 6.42 Å². The third-order valence-electron chi connectivity index (χ3n) is 0.695. The lowest BCUT2D eigenvalue weighted by Gasteiger charge is -1.79. The number of carbonyl (C=O) groups is 2. The second-order valence-corrected chi connectivity index (χ2v) is 1.69. The number of carboxylic acid groups (broad SMARTS) is 2. The van der Waals surface area contributed by atoms with Crippen molar-refractivity contribution in [3.8, 4) is 0 Å². The first-order chi connectivity index (χ1) is 5.06. The Labute approximate surface area is 64.3 Å². The molecule has 0 spiro atoms. The van der Waals surface area contributed by atoms with Gasteiger partial charge in [-0.15, -0.1) is 0 Å². The molecule has 0 unspecified atom stereocenters. The number of hydrogen-bond acceptors (Lipinski definition) is 3. The van der Waals surface area contributed by atoms with E-state index < -0.39 is 11.9 Å². The second-order valence-electron chi connectivity index (χ2n) is 1.69. The Kier molecular flexibility index (Phi) is 10.2. The minimum absolute atomic E-state index is 0.344. The lowest BCUT2D eigenvalue weighted by molar-refractivity contribution is -0.159. The van der Waals surface area contributed by atoms with E-state index in [2.05, 4.69) is 6.92 Å². The van der Waals surface area contributed by atoms with Gasteiger partial charge >= 0.3 is 11.9 Å². The van der Waals surface area contributed by atoms with E-state index in [9.17, 15) is 0 Å². The van der Waals surface area contributed by atoms with Crippen LogP contribution in [0.2, 0.25) is 0 Å². The lowest BCUT2D eigenvalue weighted by atomic mass is 10.4. The van der Waals surface area contributed by atoms with E-state index in [0.29, 0.717) is 6.61 Å². The first-order valence-corrected chi connectivity index (χ1v) is 3.13. The molecule has 0 fully saturated rings. The summed E-state index contributed by atoms with van der Waals surface area (Å²) in [6, 6.07) is 0. The van der Waals surface area contributed by atoms with Crippen molar-refractivity contribution in [1.82, 2.24) is 0 Å². The van der Waals surface area contributed by atoms with Crippen LogP contribution in [0.5, 0.6) is 0 Å². The van der Waals surface area contributed by atoms with Gasteiger partial charge in [-0.2, -0.15) is 0 Å². The number of aliphatic hydroxyl groups is 1. The standard InChI is InChI=1S/C4H10O.C2H2O4/c1-2-3-4-5;3-1(4)2(5)6/h5H,2-4H2,1H3;(H,3,4)(H,5,6). The Morgan fingerprint density at radius 2 is 1.55 bits per heavy atom. The molecule has 0 aromatic heterocycles. The van der Waals surface area contributed by atoms with Gasteiger partial charge in [0.15, 0.2) is 0 Å². The van der Waals surface area contributed by atoms with Crippen molar-refractivity contribution in [1.29, 1.82) is 0 Å². The zero-order chi connectivity index (χ0) is 9.28. The number of unbranched alkanes of at least 4 members (excludes halogenated alkanes) is 1. The fraction of sp³-hybridized carbons (Fsp3) is 0.667. The van der Waals surface area contributed by atoms with Gasteiger partial charge in [-0.3, -0.25) is 0 Å². The van der Waals surface area contributed by atoms with E-state index in [1.54, 1.807) is 0 Å². The molecule has 0 radical (unpaired) electrons. The molecule has 5 heteroatoms. The normalized spacial score (nSPS) is 7.82. The van der Waals surface area contributed by atoms with E-state index in [1.807, 2.05) is 0 Å². The first-order valence-electron chi connectivity index (χ1n) is 3.13. The summed E-state index contributed by atoms with van der Waals surface area (Å²) >= 11 is 0. The predicted octanol–water partition coefficient (Wildman–Crippen LogP) is -0.0656. The van der Waals surface area contributed by atoms with E-state index in [4.69, 9.17) is 24.9 Å². The molecule has 0 rings (SSSR count). The van der Waals surface area contributed by atoms with Crippen molar-refractivity contribution in [2.75, 3.05) is 6.61 Å². The molecular weight excluding hydrogens is 152 g/mol. The predicted molar refractivity (Wildman–Crippen MR) is 37.3 cm³/mol. The molecule has 0 saturated carbocycles. The van der Waals surface area contributed by atoms with Crippen LogP contribution in [0, 0.1) is 0 Å². The molecule has 0 atom stereocenters. The molecule has 0 aliphatic rings. The third-order valence-corrected chi connectivity index (χ3v) is 0.695. The Morgan fingerprint density at radius 1 is 1.18 bits per heavy atom. The highest BCUT2D eigenvalue weighted by molar-refractivity contribution is 6.27. The van der Waals surface area contributed by atoms with Gasteiger partial charge in [0.1, 0.15) is 0 Å². The van der Waals surface area contributed by atoms with Crippen LogP contribution in [0.4, 0.5) is 0 Å². The molecule has 0 saturated heterocycles. The number of rotatable bonds is 2. The van der Waals surface area contributed by atoms with Crippen molar-refractivity contribution in [3.05, 3.63) is 0 Å². The molecule has 0 amide bonds. The average Bonchev–Trinajstić information content (AvgIpc) is 1.90. The molecule has 0 aliphatic carbocycles. The molecule has 11 heavy (non-hydrogen) atoms. The zero-order valence-corrected chi connectivity index (χ0v) is 6.28. The fourth-order valence-corrected chi connectivity index (χ4v) is 0.158. The summed E-state index contributed by atoms with van der Waals surface area (Å²) in [4.78, 5) is 18.2. The van der Waals surface area contributed by atoms with Crippen LogP contribution in [0.15, 0.2) is 0 Å². The average molecular weight is 164 g/mol. The Hall–Kier alpha value is -1.10. The molecule has 0 aliphatic heterocycles. The highest BCUT2D eigenvalue weighted by Crippen LogP contribution is 1.78. The molecule has 3 N–H and O–H groups in total. The van der Waals surface area contributed by atoms with Gasteiger partial charge in [0.2, 0.25) is 0 Å². The highest BCUT2D eigenvalue weighted by atomic mass is 16.4. The number of hydrogen-bond donors (Lipinski definition) is 3. The summed E-state index contributed by atoms with van der Waals surface area (Å²) < 4.78 is 0. The monoisotopic (exact) mass is 164 g/mol. The highest BCUT2D eigenvalue weighted by Gasteiger charge is 2.04. The van der Waals surface area contributed by atoms with Gasteiger partial charge < -0.3 is 15.3 Å². The molecular formula is C6H12O5. The summed E-state index contributed by atoms with van der Waals surface area (Å²) in [6.07, 6.45) is 2.04. The minimum atomic E-state index is -1.82. The molecule has 0 aromatic rings. The topological polar surface area (TPSA) is 94.8 Å². The summed E-state index contributed by atoms with van der Waals surface area (Å²) in [5.74, 6) is -3.65. The second kappa shape index (κ2) is 8.90. The molecule has 0 bridgehead atoms. The van der Waals surface area contributed by atoms with Crippen molar-refractivity contribution in [2.45, 2.75) is 19.8 Å². The number of aliphatic hydroxyl groups excluding tert-OH is 1. The maximum absolute atomic E-state index is 9.10. The van der Waals surface area contributed by atoms with E-state index >= 15 is 0 Å². The van der Waals surface area contributed by atoms with Crippen LogP contribution >= 0.6 is 0 Å². The van der Waals surface area contributed by atoms with Crippen molar-refractivity contribution in [2.24, 2.45) is 0 Å². The smallest absolute Gasteiger partial charge is 0.414 e. The summed E-state index contributed by atoms with van der Waals surface area (Å²) in [6.45, 7) is 2.40. The first kappa shape index (κ1) is 12.6. The minimum Gasteiger partial charge on any atom is -0.473 e. The van der Waals surface area contributed by atoms with E-state index in [0.717, 1.165) is 12.8 Å². The van der Waals surface area contributed by atoms with Crippen LogP contribution in [-0.4, -0.2) is 33.9 Å². The quantitative estimate of drug-likeness (QED) is 0.497. The van der Waals surface area contributed by atoms with Gasteiger partial charge in [0.25, 0.3) is 0 Å². The SMILES string of the molecule is CCCCO.O=C(O)C(=O)O. The van der Waals surface area contributed by atoms with E-state index in [-0.39, 0.29) is 0 Å². The molecule has 5 nitrogen and oxygen atoms in total. The van der Waals surface area contributed by atoms with Crippen molar-refractivity contribution >= 4 is 11.9 Å². The van der Waals surface area contributed by atoms with Crippen LogP contribution in [0.3, 0.4) is 0 Å². The molecule has 0 aromatic carbocycles. The largest absolute Gasteiger partial charge is 0.473 e. The Bertz CT molecular complexity index is 106. The Morgan fingerprint density at radius 3 is 1.55 bits per heavy atom. The van der Waals surface area contributed by atoms with Crippen molar-refractivity contribution < 1.29 is 24.9 Å². The van der Waals surface area contributed by atoms with Gasteiger partial charge in [-0.25, -0.2) is 9.59 Å². The van der Waals surface area contributed by atoms with Crippen LogP contribution < -0.4 is 0 Å². The van der Waals surface area contributed by atoms with Crippen LogP contribution in [-0.2, 0) is 9.59 Å². The Balaban J connectivity index is 0. The number of carboxylic acids is 2. The lowest BCUT2D eigenvalue weighted by Crippen LogP contribution is -2.09. The van der Waals surface area contributed by atoms with Gasteiger partial charge in [0, 0.05) is 6.61 Å². The van der Waals surface area contributed by atoms with Gasteiger partial charge in [0.05, 0.1) is 0 Å². The fourth-order valence-electron chi connectivity index (χ4n) is 0.158. The van der Waals surface area contributed by atoms with E-state index in [1.165, 1.54) is 0 Å². The molecule has 0 heterocycles. The van der Waals surface area contributed by atoms with Gasteiger partial charge in [-0.1, -0.05) is 13.3 Å². The zero-order valence-electron chi connectivity index (χ0n) is 6.28. The van der Waals surface area contributed by atoms with Crippen LogP contribution in [0.25, 0.3) is 0 Å². The summed E-state index contributed by atoms with van der Waals surface area (Å²) in [5.41, 5.74) is 0. The third kappa shape index (κ3) is 17.6.